The van der Waals surface area contributed by atoms with Crippen LogP contribution in [-0.2, 0) is 18.4 Å². The molecule has 0 fully saturated rings. The quantitative estimate of drug-likeness (QED) is 0.0273. The molecule has 0 heterocycles. The van der Waals surface area contributed by atoms with Gasteiger partial charge in [-0.15, -0.1) is 0 Å². The normalized spacial score (nSPS) is 14.6. The molecule has 352 valence electrons. The Morgan fingerprint density at radius 1 is 0.600 bits per heavy atom. The Balaban J connectivity index is 4.34. The van der Waals surface area contributed by atoms with Gasteiger partial charge in [0.05, 0.1) is 39.9 Å². The van der Waals surface area contributed by atoms with Crippen LogP contribution in [0.1, 0.15) is 219 Å². The summed E-state index contributed by atoms with van der Waals surface area (Å²) in [5, 5.41) is 13.8. The highest BCUT2D eigenvalue weighted by molar-refractivity contribution is 7.45. The van der Waals surface area contributed by atoms with Gasteiger partial charge in [0.2, 0.25) is 5.91 Å². The fraction of sp³-hybridized carbons (Fsp3) is 0.824. The highest BCUT2D eigenvalue weighted by Crippen LogP contribution is 2.38. The molecule has 1 amide bonds. The van der Waals surface area contributed by atoms with Gasteiger partial charge in [-0.1, -0.05) is 204 Å². The Morgan fingerprint density at radius 2 is 1.03 bits per heavy atom. The van der Waals surface area contributed by atoms with Crippen LogP contribution in [0.2, 0.25) is 0 Å². The van der Waals surface area contributed by atoms with Crippen molar-refractivity contribution >= 4 is 13.7 Å². The van der Waals surface area contributed by atoms with Crippen LogP contribution in [0.4, 0.5) is 0 Å². The van der Waals surface area contributed by atoms with Crippen molar-refractivity contribution in [1.82, 2.24) is 5.32 Å². The van der Waals surface area contributed by atoms with E-state index in [2.05, 4.69) is 55.6 Å². The fourth-order valence-corrected chi connectivity index (χ4v) is 7.81. The standard InChI is InChI=1S/C51H97N2O6P/c1-6-8-10-12-14-16-18-20-22-24-25-26-27-29-31-33-35-37-39-41-43-45-51(55)52-49(48-59-60(56,57)58-47-46-53(3,4)5)50(54)44-42-40-38-36-34-32-30-28-23-21-19-17-15-13-11-9-7-2/h8,10,14,16,34,36,42,44,49-50,54H,6-7,9,11-13,15,17-33,35,37-41,43,45-48H2,1-5H3,(H-,52,55,56,57)/b10-8-,16-14-,36-34+,44-42+. The smallest absolute Gasteiger partial charge is 0.268 e. The van der Waals surface area contributed by atoms with Crippen LogP contribution in [-0.4, -0.2) is 68.5 Å². The minimum Gasteiger partial charge on any atom is -0.756 e. The van der Waals surface area contributed by atoms with Crippen molar-refractivity contribution in [3.63, 3.8) is 0 Å². The second kappa shape index (κ2) is 42.7. The van der Waals surface area contributed by atoms with Gasteiger partial charge in [0.1, 0.15) is 13.2 Å². The van der Waals surface area contributed by atoms with Gasteiger partial charge in [0.25, 0.3) is 7.82 Å². The lowest BCUT2D eigenvalue weighted by atomic mass is 10.0. The number of aliphatic hydroxyl groups is 1. The number of hydrogen-bond donors (Lipinski definition) is 2. The van der Waals surface area contributed by atoms with Crippen LogP contribution >= 0.6 is 7.82 Å². The highest BCUT2D eigenvalue weighted by atomic mass is 31.2. The molecular formula is C51H97N2O6P. The molecule has 0 radical (unpaired) electrons. The molecule has 0 rings (SSSR count). The Bertz CT molecular complexity index is 1120. The Hall–Kier alpha value is -1.54. The van der Waals surface area contributed by atoms with Crippen molar-refractivity contribution < 1.29 is 32.9 Å². The second-order valence-electron chi connectivity index (χ2n) is 18.1. The number of carbonyl (C=O) groups is 1. The molecule has 0 aliphatic rings. The number of hydrogen-bond acceptors (Lipinski definition) is 6. The van der Waals surface area contributed by atoms with E-state index in [1.807, 2.05) is 27.2 Å². The number of phosphoric acid groups is 1. The first-order valence-electron chi connectivity index (χ1n) is 25.0. The zero-order valence-electron chi connectivity index (χ0n) is 39.9. The molecule has 2 N–H and O–H groups in total. The summed E-state index contributed by atoms with van der Waals surface area (Å²) in [6.45, 7) is 4.53. The molecule has 0 aromatic rings. The van der Waals surface area contributed by atoms with Gasteiger partial charge in [-0.05, 0) is 57.8 Å². The monoisotopic (exact) mass is 865 g/mol. The van der Waals surface area contributed by atoms with E-state index in [0.29, 0.717) is 17.4 Å². The maximum atomic E-state index is 12.9. The fourth-order valence-electron chi connectivity index (χ4n) is 7.09. The number of phosphoric ester groups is 1. The summed E-state index contributed by atoms with van der Waals surface area (Å²) < 4.78 is 23.2. The summed E-state index contributed by atoms with van der Waals surface area (Å²) in [7, 11) is 1.24. The van der Waals surface area contributed by atoms with E-state index < -0.39 is 26.6 Å². The predicted molar refractivity (Wildman–Crippen MR) is 256 cm³/mol. The molecule has 8 nitrogen and oxygen atoms in total. The van der Waals surface area contributed by atoms with E-state index in [0.717, 1.165) is 51.4 Å². The molecule has 0 bridgehead atoms. The van der Waals surface area contributed by atoms with Gasteiger partial charge in [-0.25, -0.2) is 0 Å². The van der Waals surface area contributed by atoms with Crippen LogP contribution in [0, 0.1) is 0 Å². The third kappa shape index (κ3) is 44.5. The average molecular weight is 865 g/mol. The summed E-state index contributed by atoms with van der Waals surface area (Å²) >= 11 is 0. The number of aliphatic hydroxyl groups excluding tert-OH is 1. The molecule has 9 heteroatoms. The van der Waals surface area contributed by atoms with E-state index in [4.69, 9.17) is 9.05 Å². The van der Waals surface area contributed by atoms with Crippen molar-refractivity contribution in [3.05, 3.63) is 48.6 Å². The number of rotatable bonds is 45. The molecule has 0 saturated carbocycles. The lowest BCUT2D eigenvalue weighted by Crippen LogP contribution is -2.45. The van der Waals surface area contributed by atoms with Crippen LogP contribution in [0.5, 0.6) is 0 Å². The Morgan fingerprint density at radius 3 is 1.53 bits per heavy atom. The van der Waals surface area contributed by atoms with E-state index in [1.54, 1.807) is 6.08 Å². The molecule has 0 saturated heterocycles. The SMILES string of the molecule is CC/C=C\C/C=C\CCCCCCCCCCCCCCCCC(=O)NC(COP(=O)([O-])OCC[N+](C)(C)C)C(O)/C=C/CC/C=C/CCCCCCCCCCCCC. The highest BCUT2D eigenvalue weighted by Gasteiger charge is 2.23. The lowest BCUT2D eigenvalue weighted by molar-refractivity contribution is -0.870. The summed E-state index contributed by atoms with van der Waals surface area (Å²) in [6, 6.07) is -0.903. The van der Waals surface area contributed by atoms with Crippen LogP contribution < -0.4 is 10.2 Å². The maximum absolute atomic E-state index is 12.9. The van der Waals surface area contributed by atoms with E-state index in [9.17, 15) is 19.4 Å². The Labute approximate surface area is 371 Å². The number of likely N-dealkylation sites (N-methyl/N-ethyl adjacent to an activating group) is 1. The van der Waals surface area contributed by atoms with E-state index in [1.165, 1.54) is 148 Å². The van der Waals surface area contributed by atoms with Gasteiger partial charge < -0.3 is 28.8 Å². The number of allylic oxidation sites excluding steroid dienone is 7. The van der Waals surface area contributed by atoms with Crippen molar-refractivity contribution in [2.24, 2.45) is 0 Å². The van der Waals surface area contributed by atoms with Crippen LogP contribution in [0.25, 0.3) is 0 Å². The maximum Gasteiger partial charge on any atom is 0.268 e. The van der Waals surface area contributed by atoms with E-state index in [-0.39, 0.29) is 12.5 Å². The van der Waals surface area contributed by atoms with E-state index >= 15 is 0 Å². The summed E-state index contributed by atoms with van der Waals surface area (Å²) in [4.78, 5) is 25.4. The first-order valence-corrected chi connectivity index (χ1v) is 26.5. The number of nitrogens with one attached hydrogen (secondary N) is 1. The van der Waals surface area contributed by atoms with Gasteiger partial charge in [0.15, 0.2) is 0 Å². The van der Waals surface area contributed by atoms with Crippen LogP contribution in [0.3, 0.4) is 0 Å². The molecule has 0 aromatic heterocycles. The molecular weight excluding hydrogens is 768 g/mol. The van der Waals surface area contributed by atoms with Crippen molar-refractivity contribution in [2.75, 3.05) is 40.9 Å². The molecule has 0 aliphatic carbocycles. The number of unbranched alkanes of at least 4 members (excludes halogenated alkanes) is 26. The summed E-state index contributed by atoms with van der Waals surface area (Å²) in [6.07, 6.45) is 54.5. The van der Waals surface area contributed by atoms with Crippen molar-refractivity contribution in [2.45, 2.75) is 231 Å². The van der Waals surface area contributed by atoms with Gasteiger partial charge >= 0.3 is 0 Å². The Kier molecular flexibility index (Phi) is 41.6. The van der Waals surface area contributed by atoms with Gasteiger partial charge in [0, 0.05) is 6.42 Å². The number of amides is 1. The third-order valence-corrected chi connectivity index (χ3v) is 12.0. The average Bonchev–Trinajstić information content (AvgIpc) is 3.20. The topological polar surface area (TPSA) is 108 Å². The molecule has 0 aromatic carbocycles. The molecule has 0 aliphatic heterocycles. The second-order valence-corrected chi connectivity index (χ2v) is 19.5. The van der Waals surface area contributed by atoms with Crippen molar-refractivity contribution in [3.8, 4) is 0 Å². The molecule has 3 unspecified atom stereocenters. The van der Waals surface area contributed by atoms with Gasteiger partial charge in [-0.3, -0.25) is 9.36 Å². The summed E-state index contributed by atoms with van der Waals surface area (Å²) in [5.74, 6) is -0.208. The predicted octanol–water partition coefficient (Wildman–Crippen LogP) is 13.8. The number of carbonyl (C=O) groups excluding carboxylic acids is 1. The molecule has 3 atom stereocenters. The zero-order valence-corrected chi connectivity index (χ0v) is 40.8. The minimum absolute atomic E-state index is 0.00673. The van der Waals surface area contributed by atoms with Crippen molar-refractivity contribution in [1.29, 1.82) is 0 Å². The minimum atomic E-state index is -4.60. The largest absolute Gasteiger partial charge is 0.756 e. The zero-order chi connectivity index (χ0) is 44.3. The van der Waals surface area contributed by atoms with Crippen LogP contribution in [0.15, 0.2) is 48.6 Å². The first kappa shape index (κ1) is 58.5. The molecule has 60 heavy (non-hydrogen) atoms. The number of nitrogens with zero attached hydrogens (tertiary/aromatic N) is 1. The molecule has 0 spiro atoms. The number of quaternary nitrogens is 1. The summed E-state index contributed by atoms with van der Waals surface area (Å²) in [5.41, 5.74) is 0. The third-order valence-electron chi connectivity index (χ3n) is 11.0. The first-order chi connectivity index (χ1) is 29.0. The lowest BCUT2D eigenvalue weighted by Gasteiger charge is -2.29. The van der Waals surface area contributed by atoms with Gasteiger partial charge in [-0.2, -0.15) is 0 Å².